The van der Waals surface area contributed by atoms with Crippen molar-refractivity contribution < 1.29 is 13.2 Å². The molecule has 0 atom stereocenters. The zero-order valence-electron chi connectivity index (χ0n) is 17.8. The fourth-order valence-corrected chi connectivity index (χ4v) is 5.97. The van der Waals surface area contributed by atoms with E-state index in [1.807, 2.05) is 17.5 Å². The number of halogens is 1. The van der Waals surface area contributed by atoms with E-state index < -0.39 is 10.0 Å². The lowest BCUT2D eigenvalue weighted by Crippen LogP contribution is -2.26. The van der Waals surface area contributed by atoms with Crippen molar-refractivity contribution in [2.75, 3.05) is 11.4 Å². The van der Waals surface area contributed by atoms with Crippen LogP contribution in [0.25, 0.3) is 16.9 Å². The Kier molecular flexibility index (Phi) is 5.68. The van der Waals surface area contributed by atoms with E-state index in [4.69, 9.17) is 11.6 Å². The summed E-state index contributed by atoms with van der Waals surface area (Å²) in [5.74, 6) is -0.144. The highest BCUT2D eigenvalue weighted by Crippen LogP contribution is 2.30. The fraction of sp³-hybridized carbons (Fsp3) is 0.0417. The molecule has 0 N–H and O–H groups in total. The Labute approximate surface area is 204 Å². The number of nitrogens with zero attached hydrogens (tertiary/aromatic N) is 4. The van der Waals surface area contributed by atoms with E-state index >= 15 is 0 Å². The third-order valence-electron chi connectivity index (χ3n) is 5.37. The molecule has 10 heteroatoms. The van der Waals surface area contributed by atoms with Gasteiger partial charge in [0.15, 0.2) is 5.65 Å². The highest BCUT2D eigenvalue weighted by molar-refractivity contribution is 7.93. The van der Waals surface area contributed by atoms with Crippen molar-refractivity contribution in [3.8, 4) is 11.3 Å². The van der Waals surface area contributed by atoms with Crippen LogP contribution in [-0.4, -0.2) is 35.8 Å². The van der Waals surface area contributed by atoms with Crippen LogP contribution in [0.2, 0.25) is 5.02 Å². The van der Waals surface area contributed by atoms with Gasteiger partial charge in [-0.3, -0.25) is 9.10 Å². The summed E-state index contributed by atoms with van der Waals surface area (Å²) in [5.41, 5.74) is 2.66. The Hall–Kier alpha value is -3.53. The van der Waals surface area contributed by atoms with Crippen LogP contribution in [0.1, 0.15) is 15.2 Å². The van der Waals surface area contributed by atoms with Crippen molar-refractivity contribution in [2.45, 2.75) is 4.90 Å². The number of carbonyl (C=O) groups excluding carboxylic acids is 1. The van der Waals surface area contributed by atoms with Gasteiger partial charge >= 0.3 is 0 Å². The largest absolute Gasteiger partial charge is 0.287 e. The molecule has 0 bridgehead atoms. The van der Waals surface area contributed by atoms with E-state index in [-0.39, 0.29) is 15.7 Å². The third-order valence-corrected chi connectivity index (χ3v) is 8.53. The number of ketones is 1. The first-order chi connectivity index (χ1) is 16.4. The van der Waals surface area contributed by atoms with Crippen LogP contribution in [0.15, 0.2) is 89.4 Å². The maximum absolute atomic E-state index is 13.2. The second kappa shape index (κ2) is 8.68. The molecule has 3 aromatic heterocycles. The molecule has 2 aromatic carbocycles. The van der Waals surface area contributed by atoms with Gasteiger partial charge in [-0.1, -0.05) is 41.9 Å². The molecular weight excluding hydrogens is 492 g/mol. The number of aromatic nitrogens is 3. The zero-order valence-corrected chi connectivity index (χ0v) is 20.2. The van der Waals surface area contributed by atoms with E-state index in [9.17, 15) is 13.2 Å². The van der Waals surface area contributed by atoms with Gasteiger partial charge < -0.3 is 0 Å². The average molecular weight is 509 g/mol. The highest BCUT2D eigenvalue weighted by atomic mass is 35.5. The minimum absolute atomic E-state index is 0.0275. The summed E-state index contributed by atoms with van der Waals surface area (Å²) >= 11 is 7.51. The normalized spacial score (nSPS) is 11.6. The standard InChI is InChI=1S/C24H17ClN4O3S2/c1-28(34(31,32)22-10-3-2-8-19(22)25)17-7-4-6-16(14-17)20-11-12-26-24-18(15-27-29(20)24)23(30)21-9-5-13-33-21/h2-15H,1H3. The SMILES string of the molecule is CN(c1cccc(-c2ccnc3c(C(=O)c4cccs4)cnn23)c1)S(=O)(=O)c1ccccc1Cl. The molecule has 0 aliphatic heterocycles. The summed E-state index contributed by atoms with van der Waals surface area (Å²) < 4.78 is 29.1. The van der Waals surface area contributed by atoms with Gasteiger partial charge in [0, 0.05) is 18.8 Å². The van der Waals surface area contributed by atoms with E-state index in [0.717, 1.165) is 0 Å². The molecule has 170 valence electrons. The van der Waals surface area contributed by atoms with Crippen LogP contribution in [0.5, 0.6) is 0 Å². The molecule has 0 aliphatic rings. The van der Waals surface area contributed by atoms with Crippen molar-refractivity contribution in [2.24, 2.45) is 0 Å². The van der Waals surface area contributed by atoms with Gasteiger partial charge in [0.1, 0.15) is 4.90 Å². The first-order valence-corrected chi connectivity index (χ1v) is 12.8. The number of thiophene rings is 1. The molecule has 0 saturated heterocycles. The minimum Gasteiger partial charge on any atom is -0.287 e. The lowest BCUT2D eigenvalue weighted by Gasteiger charge is -2.21. The second-order valence-electron chi connectivity index (χ2n) is 7.38. The van der Waals surface area contributed by atoms with Crippen LogP contribution in [0.4, 0.5) is 5.69 Å². The van der Waals surface area contributed by atoms with Gasteiger partial charge in [0.05, 0.1) is 33.0 Å². The lowest BCUT2D eigenvalue weighted by atomic mass is 10.1. The zero-order chi connectivity index (χ0) is 23.9. The molecule has 0 saturated carbocycles. The molecule has 0 spiro atoms. The summed E-state index contributed by atoms with van der Waals surface area (Å²) in [6, 6.07) is 18.7. The van der Waals surface area contributed by atoms with Gasteiger partial charge in [0.2, 0.25) is 5.78 Å². The van der Waals surface area contributed by atoms with Crippen molar-refractivity contribution in [1.29, 1.82) is 0 Å². The lowest BCUT2D eigenvalue weighted by molar-refractivity contribution is 0.104. The number of benzene rings is 2. The maximum Gasteiger partial charge on any atom is 0.265 e. The molecule has 0 amide bonds. The van der Waals surface area contributed by atoms with Crippen molar-refractivity contribution >= 4 is 50.1 Å². The minimum atomic E-state index is -3.87. The molecule has 34 heavy (non-hydrogen) atoms. The summed E-state index contributed by atoms with van der Waals surface area (Å²) in [7, 11) is -2.40. The highest BCUT2D eigenvalue weighted by Gasteiger charge is 2.24. The number of anilines is 1. The molecule has 0 radical (unpaired) electrons. The van der Waals surface area contributed by atoms with Crippen LogP contribution in [0, 0.1) is 0 Å². The van der Waals surface area contributed by atoms with Gasteiger partial charge in [-0.25, -0.2) is 17.9 Å². The fourth-order valence-electron chi connectivity index (χ4n) is 3.61. The van der Waals surface area contributed by atoms with E-state index in [1.54, 1.807) is 59.2 Å². The number of carbonyl (C=O) groups is 1. The topological polar surface area (TPSA) is 84.6 Å². The number of fused-ring (bicyclic) bond motifs is 1. The Morgan fingerprint density at radius 1 is 1.06 bits per heavy atom. The first kappa shape index (κ1) is 22.3. The van der Waals surface area contributed by atoms with Crippen molar-refractivity contribution in [3.05, 3.63) is 100.0 Å². The predicted octanol–water partition coefficient (Wildman–Crippen LogP) is 5.17. The van der Waals surface area contributed by atoms with E-state index in [2.05, 4.69) is 10.1 Å². The van der Waals surface area contributed by atoms with Crippen molar-refractivity contribution in [1.82, 2.24) is 14.6 Å². The Bertz CT molecular complexity index is 1630. The molecule has 7 nitrogen and oxygen atoms in total. The van der Waals surface area contributed by atoms with Gasteiger partial charge in [-0.05, 0) is 41.8 Å². The van der Waals surface area contributed by atoms with Gasteiger partial charge in [-0.2, -0.15) is 5.10 Å². The molecular formula is C24H17ClN4O3S2. The molecule has 0 unspecified atom stereocenters. The predicted molar refractivity (Wildman–Crippen MR) is 133 cm³/mol. The summed E-state index contributed by atoms with van der Waals surface area (Å²) in [5, 5.41) is 6.39. The summed E-state index contributed by atoms with van der Waals surface area (Å²) in [6.07, 6.45) is 3.11. The number of hydrogen-bond acceptors (Lipinski definition) is 6. The Morgan fingerprint density at radius 2 is 1.88 bits per heavy atom. The van der Waals surface area contributed by atoms with Gasteiger partial charge in [0.25, 0.3) is 10.0 Å². The molecule has 0 aliphatic carbocycles. The Balaban J connectivity index is 1.56. The number of sulfonamides is 1. The summed E-state index contributed by atoms with van der Waals surface area (Å²) in [6.45, 7) is 0. The number of rotatable bonds is 6. The smallest absolute Gasteiger partial charge is 0.265 e. The van der Waals surface area contributed by atoms with Crippen LogP contribution < -0.4 is 4.31 Å². The quantitative estimate of drug-likeness (QED) is 0.295. The van der Waals surface area contributed by atoms with E-state index in [0.29, 0.717) is 33.0 Å². The molecule has 5 rings (SSSR count). The molecule has 3 heterocycles. The summed E-state index contributed by atoms with van der Waals surface area (Å²) in [4.78, 5) is 17.9. The second-order valence-corrected chi connectivity index (χ2v) is 10.7. The van der Waals surface area contributed by atoms with Crippen LogP contribution >= 0.6 is 22.9 Å². The van der Waals surface area contributed by atoms with E-state index in [1.165, 1.54) is 35.0 Å². The van der Waals surface area contributed by atoms with Crippen LogP contribution in [-0.2, 0) is 10.0 Å². The molecule has 0 fully saturated rings. The van der Waals surface area contributed by atoms with Crippen LogP contribution in [0.3, 0.4) is 0 Å². The average Bonchev–Trinajstić information content (AvgIpc) is 3.54. The first-order valence-electron chi connectivity index (χ1n) is 10.1. The van der Waals surface area contributed by atoms with Gasteiger partial charge in [-0.15, -0.1) is 11.3 Å². The Morgan fingerprint density at radius 3 is 2.65 bits per heavy atom. The maximum atomic E-state index is 13.2. The monoisotopic (exact) mass is 508 g/mol. The third kappa shape index (κ3) is 3.77. The van der Waals surface area contributed by atoms with Crippen molar-refractivity contribution in [3.63, 3.8) is 0 Å². The number of hydrogen-bond donors (Lipinski definition) is 0. The molecule has 5 aromatic rings.